The van der Waals surface area contributed by atoms with Crippen LogP contribution in [0.3, 0.4) is 0 Å². The molecule has 0 saturated heterocycles. The third kappa shape index (κ3) is 10.8. The zero-order chi connectivity index (χ0) is 30.5. The molecule has 3 aromatic rings. The van der Waals surface area contributed by atoms with Gasteiger partial charge in [0.05, 0.1) is 12.4 Å². The number of rotatable bonds is 12. The van der Waals surface area contributed by atoms with Gasteiger partial charge in [0.1, 0.15) is 0 Å². The van der Waals surface area contributed by atoms with E-state index >= 15 is 0 Å². The van der Waals surface area contributed by atoms with Crippen molar-refractivity contribution in [3.05, 3.63) is 94.0 Å². The summed E-state index contributed by atoms with van der Waals surface area (Å²) in [6.45, 7) is 7.80. The molecule has 0 aliphatic heterocycles. The Bertz CT molecular complexity index is 1380. The Hall–Kier alpha value is -5.12. The molecule has 0 unspecified atom stereocenters. The first-order chi connectivity index (χ1) is 20.1. The SMILES string of the molecule is Cc1ccc(NC(=O)CCC(=O)NN=Cc2ccc(C=NNC(=O)CCC(=O)Nc3ccc(C)cc3C)cc2)c(C)c1. The standard InChI is InChI=1S/C32H36N6O4/c1-21-5-11-27(23(3)17-21)35-29(39)13-15-31(41)37-33-19-25-7-9-26(10-8-25)20-34-38-32(42)16-14-30(40)36-28-12-6-22(2)18-24(28)4/h5-12,17-20H,13-16H2,1-4H3,(H,35,39)(H,36,40)(H,37,41)(H,38,42). The molecule has 0 aromatic heterocycles. The molecule has 0 saturated carbocycles. The summed E-state index contributed by atoms with van der Waals surface area (Å²) in [5.41, 5.74) is 11.9. The second-order valence-electron chi connectivity index (χ2n) is 9.99. The minimum absolute atomic E-state index is 0.00624. The average molecular weight is 569 g/mol. The van der Waals surface area contributed by atoms with E-state index in [0.29, 0.717) is 0 Å². The maximum Gasteiger partial charge on any atom is 0.240 e. The molecule has 0 atom stereocenters. The van der Waals surface area contributed by atoms with Gasteiger partial charge in [0, 0.05) is 37.1 Å². The van der Waals surface area contributed by atoms with E-state index in [4.69, 9.17) is 0 Å². The number of nitrogens with one attached hydrogen (secondary N) is 4. The minimum Gasteiger partial charge on any atom is -0.326 e. The molecule has 3 aromatic carbocycles. The summed E-state index contributed by atoms with van der Waals surface area (Å²) in [5, 5.41) is 13.5. The number of amides is 4. The van der Waals surface area contributed by atoms with E-state index in [1.165, 1.54) is 12.4 Å². The highest BCUT2D eigenvalue weighted by atomic mass is 16.2. The Balaban J connectivity index is 1.33. The molecule has 0 heterocycles. The number of benzene rings is 3. The van der Waals surface area contributed by atoms with Gasteiger partial charge in [-0.05, 0) is 62.1 Å². The number of anilines is 2. The fourth-order valence-electron chi connectivity index (χ4n) is 3.92. The molecule has 4 N–H and O–H groups in total. The second kappa shape index (κ2) is 15.6. The Morgan fingerprint density at radius 3 is 1.26 bits per heavy atom. The first-order valence-corrected chi connectivity index (χ1v) is 13.6. The zero-order valence-electron chi connectivity index (χ0n) is 24.3. The largest absolute Gasteiger partial charge is 0.326 e. The van der Waals surface area contributed by atoms with Crippen molar-refractivity contribution in [2.45, 2.75) is 53.4 Å². The highest BCUT2D eigenvalue weighted by molar-refractivity contribution is 5.95. The van der Waals surface area contributed by atoms with Crippen molar-refractivity contribution in [3.8, 4) is 0 Å². The number of hydrazone groups is 2. The lowest BCUT2D eigenvalue weighted by Crippen LogP contribution is -2.21. The van der Waals surface area contributed by atoms with Gasteiger partial charge in [-0.3, -0.25) is 19.2 Å². The molecule has 10 heteroatoms. The number of carbonyl (C=O) groups excluding carboxylic acids is 4. The van der Waals surface area contributed by atoms with Gasteiger partial charge in [-0.2, -0.15) is 10.2 Å². The van der Waals surface area contributed by atoms with E-state index < -0.39 is 0 Å². The van der Waals surface area contributed by atoms with Crippen molar-refractivity contribution < 1.29 is 19.2 Å². The van der Waals surface area contributed by atoms with E-state index in [0.717, 1.165) is 44.8 Å². The summed E-state index contributed by atoms with van der Waals surface area (Å²) >= 11 is 0. The summed E-state index contributed by atoms with van der Waals surface area (Å²) in [6, 6.07) is 18.6. The van der Waals surface area contributed by atoms with Crippen molar-refractivity contribution in [3.63, 3.8) is 0 Å². The molecule has 0 spiro atoms. The number of hydrogen-bond donors (Lipinski definition) is 4. The Labute approximate surface area is 245 Å². The number of hydrogen-bond acceptors (Lipinski definition) is 6. The first kappa shape index (κ1) is 31.4. The van der Waals surface area contributed by atoms with Gasteiger partial charge < -0.3 is 10.6 Å². The normalized spacial score (nSPS) is 11.0. The van der Waals surface area contributed by atoms with Gasteiger partial charge in [0.2, 0.25) is 23.6 Å². The van der Waals surface area contributed by atoms with Crippen LogP contribution in [-0.2, 0) is 19.2 Å². The molecule has 0 fully saturated rings. The van der Waals surface area contributed by atoms with Crippen LogP contribution in [0.4, 0.5) is 11.4 Å². The lowest BCUT2D eigenvalue weighted by atomic mass is 10.1. The Kier molecular flexibility index (Phi) is 11.7. The van der Waals surface area contributed by atoms with Crippen LogP contribution in [0, 0.1) is 27.7 Å². The number of carbonyl (C=O) groups is 4. The maximum atomic E-state index is 12.2. The van der Waals surface area contributed by atoms with Crippen LogP contribution in [-0.4, -0.2) is 36.1 Å². The molecule has 0 aliphatic rings. The average Bonchev–Trinajstić information content (AvgIpc) is 2.95. The summed E-state index contributed by atoms with van der Waals surface area (Å²) in [7, 11) is 0. The molecular formula is C32H36N6O4. The van der Waals surface area contributed by atoms with Gasteiger partial charge in [-0.25, -0.2) is 10.9 Å². The molecule has 4 amide bonds. The number of aryl methyl sites for hydroxylation is 4. The fourth-order valence-corrected chi connectivity index (χ4v) is 3.92. The predicted molar refractivity (Wildman–Crippen MR) is 165 cm³/mol. The molecule has 3 rings (SSSR count). The van der Waals surface area contributed by atoms with Crippen molar-refractivity contribution in [1.82, 2.24) is 10.9 Å². The van der Waals surface area contributed by atoms with Crippen LogP contribution < -0.4 is 21.5 Å². The second-order valence-corrected chi connectivity index (χ2v) is 9.99. The molecule has 42 heavy (non-hydrogen) atoms. The smallest absolute Gasteiger partial charge is 0.240 e. The summed E-state index contributed by atoms with van der Waals surface area (Å²) in [5.74, 6) is -1.23. The first-order valence-electron chi connectivity index (χ1n) is 13.6. The molecule has 218 valence electrons. The molecule has 0 bridgehead atoms. The maximum absolute atomic E-state index is 12.2. The van der Waals surface area contributed by atoms with Gasteiger partial charge in [0.15, 0.2) is 0 Å². The molecule has 0 aliphatic carbocycles. The van der Waals surface area contributed by atoms with Crippen molar-refractivity contribution in [2.75, 3.05) is 10.6 Å². The van der Waals surface area contributed by atoms with E-state index in [-0.39, 0.29) is 49.3 Å². The monoisotopic (exact) mass is 568 g/mol. The number of nitrogens with zero attached hydrogens (tertiary/aromatic N) is 2. The highest BCUT2D eigenvalue weighted by Gasteiger charge is 2.09. The van der Waals surface area contributed by atoms with E-state index in [1.54, 1.807) is 24.3 Å². The minimum atomic E-state index is -0.371. The van der Waals surface area contributed by atoms with Crippen LogP contribution in [0.25, 0.3) is 0 Å². The van der Waals surface area contributed by atoms with Gasteiger partial charge in [-0.15, -0.1) is 0 Å². The zero-order valence-corrected chi connectivity index (χ0v) is 24.3. The van der Waals surface area contributed by atoms with Gasteiger partial charge in [-0.1, -0.05) is 59.7 Å². The van der Waals surface area contributed by atoms with Crippen molar-refractivity contribution in [2.24, 2.45) is 10.2 Å². The Morgan fingerprint density at radius 1 is 0.548 bits per heavy atom. The van der Waals surface area contributed by atoms with Crippen molar-refractivity contribution in [1.29, 1.82) is 0 Å². The lowest BCUT2D eigenvalue weighted by Gasteiger charge is -2.08. The van der Waals surface area contributed by atoms with Gasteiger partial charge in [0.25, 0.3) is 0 Å². The third-order valence-electron chi connectivity index (χ3n) is 6.21. The van der Waals surface area contributed by atoms with Crippen LogP contribution in [0.15, 0.2) is 70.9 Å². The quantitative estimate of drug-likeness (QED) is 0.186. The van der Waals surface area contributed by atoms with Crippen LogP contribution >= 0.6 is 0 Å². The Morgan fingerprint density at radius 2 is 0.905 bits per heavy atom. The summed E-state index contributed by atoms with van der Waals surface area (Å²) in [6.07, 6.45) is 3.07. The van der Waals surface area contributed by atoms with E-state index in [1.807, 2.05) is 64.1 Å². The van der Waals surface area contributed by atoms with Gasteiger partial charge >= 0.3 is 0 Å². The van der Waals surface area contributed by atoms with Crippen LogP contribution in [0.5, 0.6) is 0 Å². The summed E-state index contributed by atoms with van der Waals surface area (Å²) < 4.78 is 0. The fraction of sp³-hybridized carbons (Fsp3) is 0.250. The predicted octanol–water partition coefficient (Wildman–Crippen LogP) is 4.66. The molecular weight excluding hydrogens is 532 g/mol. The lowest BCUT2D eigenvalue weighted by molar-refractivity contribution is -0.124. The summed E-state index contributed by atoms with van der Waals surface area (Å²) in [4.78, 5) is 48.4. The topological polar surface area (TPSA) is 141 Å². The van der Waals surface area contributed by atoms with E-state index in [9.17, 15) is 19.2 Å². The van der Waals surface area contributed by atoms with E-state index in [2.05, 4.69) is 31.7 Å². The highest BCUT2D eigenvalue weighted by Crippen LogP contribution is 2.17. The van der Waals surface area contributed by atoms with Crippen LogP contribution in [0.2, 0.25) is 0 Å². The molecule has 10 nitrogen and oxygen atoms in total. The molecule has 0 radical (unpaired) electrons. The van der Waals surface area contributed by atoms with Crippen LogP contribution in [0.1, 0.15) is 59.1 Å². The van der Waals surface area contributed by atoms with Crippen molar-refractivity contribution >= 4 is 47.4 Å². The third-order valence-corrected chi connectivity index (χ3v) is 6.21.